The number of fused-ring (bicyclic) bond motifs is 1. The first-order valence-electron chi connectivity index (χ1n) is 13.0. The van der Waals surface area contributed by atoms with Crippen LogP contribution in [0.3, 0.4) is 0 Å². The van der Waals surface area contributed by atoms with Crippen molar-refractivity contribution in [1.29, 1.82) is 0 Å². The second-order valence-corrected chi connectivity index (χ2v) is 11.5. The monoisotopic (exact) mass is 510 g/mol. The van der Waals surface area contributed by atoms with E-state index in [4.69, 9.17) is 4.99 Å². The number of amidine groups is 1. The first-order valence-corrected chi connectivity index (χ1v) is 13.8. The minimum absolute atomic E-state index is 0.0250. The summed E-state index contributed by atoms with van der Waals surface area (Å²) in [5.41, 5.74) is 5.68. The average molecular weight is 511 g/mol. The topological polar surface area (TPSA) is 48.8 Å². The molecule has 190 valence electrons. The molecule has 0 aliphatic carbocycles. The maximum absolute atomic E-state index is 13.6. The number of rotatable bonds is 6. The van der Waals surface area contributed by atoms with Crippen LogP contribution in [0.1, 0.15) is 63.1 Å². The number of nitrogens with zero attached hydrogens (tertiary/aromatic N) is 4. The van der Waals surface area contributed by atoms with Crippen molar-refractivity contribution in [1.82, 2.24) is 9.88 Å². The van der Waals surface area contributed by atoms with Crippen molar-refractivity contribution in [2.24, 2.45) is 4.99 Å². The molecular weight excluding hydrogens is 476 g/mol. The van der Waals surface area contributed by atoms with Crippen LogP contribution in [0.25, 0.3) is 6.08 Å². The normalized spacial score (nSPS) is 21.1. The number of benzene rings is 2. The van der Waals surface area contributed by atoms with Crippen LogP contribution in [0.2, 0.25) is 0 Å². The highest BCUT2D eigenvalue weighted by molar-refractivity contribution is 8.18. The number of para-hydroxylation sites is 1. The maximum Gasteiger partial charge on any atom is 0.267 e. The van der Waals surface area contributed by atoms with Gasteiger partial charge in [0.25, 0.3) is 5.91 Å². The summed E-state index contributed by atoms with van der Waals surface area (Å²) in [6.07, 6.45) is 7.79. The summed E-state index contributed by atoms with van der Waals surface area (Å²) in [5.74, 6) is 0.434. The van der Waals surface area contributed by atoms with Crippen molar-refractivity contribution in [2.45, 2.75) is 58.5 Å². The number of carbonyl (C=O) groups is 1. The Bertz CT molecular complexity index is 1330. The lowest BCUT2D eigenvalue weighted by Crippen LogP contribution is -2.48. The lowest BCUT2D eigenvalue weighted by Gasteiger charge is -2.47. The molecule has 2 aromatic carbocycles. The number of amides is 1. The highest BCUT2D eigenvalue weighted by Gasteiger charge is 2.36. The number of anilines is 1. The fourth-order valence-electron chi connectivity index (χ4n) is 5.41. The molecule has 0 bridgehead atoms. The average Bonchev–Trinajstić information content (AvgIpc) is 3.16. The first-order chi connectivity index (χ1) is 17.9. The van der Waals surface area contributed by atoms with Gasteiger partial charge in [-0.05, 0) is 97.5 Å². The maximum atomic E-state index is 13.6. The molecule has 6 heteroatoms. The predicted octanol–water partition coefficient (Wildman–Crippen LogP) is 7.39. The van der Waals surface area contributed by atoms with E-state index >= 15 is 0 Å². The van der Waals surface area contributed by atoms with Crippen molar-refractivity contribution in [3.8, 4) is 0 Å². The Balaban J connectivity index is 1.49. The van der Waals surface area contributed by atoms with Gasteiger partial charge in [-0.3, -0.25) is 14.7 Å². The molecule has 3 aromatic rings. The zero-order chi connectivity index (χ0) is 26.0. The van der Waals surface area contributed by atoms with Gasteiger partial charge in [0.05, 0.1) is 17.1 Å². The Kier molecular flexibility index (Phi) is 7.20. The van der Waals surface area contributed by atoms with Gasteiger partial charge in [0.1, 0.15) is 0 Å². The largest absolute Gasteiger partial charge is 0.366 e. The van der Waals surface area contributed by atoms with Gasteiger partial charge in [-0.1, -0.05) is 44.2 Å². The Morgan fingerprint density at radius 1 is 1.14 bits per heavy atom. The Labute approximate surface area is 224 Å². The zero-order valence-corrected chi connectivity index (χ0v) is 22.8. The van der Waals surface area contributed by atoms with Gasteiger partial charge in [-0.25, -0.2) is 4.99 Å². The first kappa shape index (κ1) is 25.3. The van der Waals surface area contributed by atoms with Crippen LogP contribution >= 0.6 is 11.8 Å². The molecule has 1 aromatic heterocycles. The molecule has 0 spiro atoms. The van der Waals surface area contributed by atoms with Gasteiger partial charge >= 0.3 is 0 Å². The third-order valence-corrected chi connectivity index (χ3v) is 8.09. The molecule has 1 amide bonds. The minimum Gasteiger partial charge on any atom is -0.366 e. The van der Waals surface area contributed by atoms with Gasteiger partial charge in [-0.15, -0.1) is 0 Å². The second-order valence-electron chi connectivity index (χ2n) is 10.5. The smallest absolute Gasteiger partial charge is 0.267 e. The molecular formula is C31H34N4OS. The minimum atomic E-state index is -0.0250. The third kappa shape index (κ3) is 5.35. The molecule has 2 aliphatic heterocycles. The Hall–Kier alpha value is -3.38. The van der Waals surface area contributed by atoms with Crippen molar-refractivity contribution in [3.05, 3.63) is 94.7 Å². The third-order valence-electron chi connectivity index (χ3n) is 7.09. The summed E-state index contributed by atoms with van der Waals surface area (Å²) in [7, 11) is 0. The number of aliphatic imine (C=N–C) groups is 1. The molecule has 37 heavy (non-hydrogen) atoms. The SMILES string of the molecule is CCCN1c2ccc(/C=C3/SC(=Nc4ccccc4)N(Cc4cccnc4)C3=O)cc2C(C)CC1(C)C. The van der Waals surface area contributed by atoms with Gasteiger partial charge in [0, 0.05) is 30.2 Å². The molecule has 1 unspecified atom stereocenters. The van der Waals surface area contributed by atoms with Crippen LogP contribution in [0.5, 0.6) is 0 Å². The lowest BCUT2D eigenvalue weighted by atomic mass is 9.79. The summed E-state index contributed by atoms with van der Waals surface area (Å²) < 4.78 is 0. The van der Waals surface area contributed by atoms with E-state index in [-0.39, 0.29) is 11.4 Å². The van der Waals surface area contributed by atoms with Crippen LogP contribution in [-0.4, -0.2) is 33.0 Å². The van der Waals surface area contributed by atoms with Crippen LogP contribution in [0.4, 0.5) is 11.4 Å². The Morgan fingerprint density at radius 3 is 2.68 bits per heavy atom. The molecule has 3 heterocycles. The number of hydrogen-bond donors (Lipinski definition) is 0. The summed E-state index contributed by atoms with van der Waals surface area (Å²) in [5, 5.41) is 0.688. The lowest BCUT2D eigenvalue weighted by molar-refractivity contribution is -0.122. The van der Waals surface area contributed by atoms with Crippen LogP contribution in [0.15, 0.2) is 83.0 Å². The van der Waals surface area contributed by atoms with Gasteiger partial charge < -0.3 is 4.90 Å². The van der Waals surface area contributed by atoms with Crippen molar-refractivity contribution >= 4 is 40.3 Å². The molecule has 2 aliphatic rings. The van der Waals surface area contributed by atoms with Crippen LogP contribution in [-0.2, 0) is 11.3 Å². The standard InChI is InChI=1S/C31H34N4OS/c1-5-16-35-27-14-13-23(17-26(27)22(2)19-31(35,3)4)18-28-29(36)34(21-24-10-9-15-32-20-24)30(37-28)33-25-11-7-6-8-12-25/h6-15,17-18,20,22H,5,16,19,21H2,1-4H3/b28-18+,33-30?. The van der Waals surface area contributed by atoms with E-state index in [1.165, 1.54) is 23.0 Å². The fourth-order valence-corrected chi connectivity index (χ4v) is 6.41. The molecule has 5 nitrogen and oxygen atoms in total. The Morgan fingerprint density at radius 2 is 1.95 bits per heavy atom. The molecule has 5 rings (SSSR count). The predicted molar refractivity (Wildman–Crippen MR) is 155 cm³/mol. The molecule has 1 saturated heterocycles. The fraction of sp³-hybridized carbons (Fsp3) is 0.323. The number of thioether (sulfide) groups is 1. The molecule has 0 saturated carbocycles. The summed E-state index contributed by atoms with van der Waals surface area (Å²) in [6.45, 7) is 10.7. The number of hydrogen-bond acceptors (Lipinski definition) is 5. The number of pyridine rings is 1. The van der Waals surface area contributed by atoms with E-state index in [1.54, 1.807) is 17.3 Å². The van der Waals surface area contributed by atoms with Crippen LogP contribution in [0, 0.1) is 0 Å². The summed E-state index contributed by atoms with van der Waals surface area (Å²) >= 11 is 1.44. The zero-order valence-electron chi connectivity index (χ0n) is 22.0. The van der Waals surface area contributed by atoms with Crippen molar-refractivity contribution < 1.29 is 4.79 Å². The summed E-state index contributed by atoms with van der Waals surface area (Å²) in [4.78, 5) is 27.7. The van der Waals surface area contributed by atoms with E-state index < -0.39 is 0 Å². The van der Waals surface area contributed by atoms with E-state index in [9.17, 15) is 4.79 Å². The van der Waals surface area contributed by atoms with Crippen LogP contribution < -0.4 is 4.90 Å². The second kappa shape index (κ2) is 10.5. The van der Waals surface area contributed by atoms with Crippen molar-refractivity contribution in [2.75, 3.05) is 11.4 Å². The van der Waals surface area contributed by atoms with E-state index in [0.29, 0.717) is 22.5 Å². The highest BCUT2D eigenvalue weighted by atomic mass is 32.2. The molecule has 0 radical (unpaired) electrons. The van der Waals surface area contributed by atoms with Gasteiger partial charge in [0.15, 0.2) is 5.17 Å². The van der Waals surface area contributed by atoms with Crippen molar-refractivity contribution in [3.63, 3.8) is 0 Å². The number of aromatic nitrogens is 1. The molecule has 0 N–H and O–H groups in total. The number of carbonyl (C=O) groups excluding carboxylic acids is 1. The quantitative estimate of drug-likeness (QED) is 0.325. The van der Waals surface area contributed by atoms with E-state index in [0.717, 1.165) is 36.2 Å². The highest BCUT2D eigenvalue weighted by Crippen LogP contribution is 2.44. The molecule has 1 fully saturated rings. The van der Waals surface area contributed by atoms with Gasteiger partial charge in [0.2, 0.25) is 0 Å². The molecule has 1 atom stereocenters. The van der Waals surface area contributed by atoms with E-state index in [1.807, 2.05) is 48.5 Å². The van der Waals surface area contributed by atoms with Gasteiger partial charge in [-0.2, -0.15) is 0 Å². The summed E-state index contributed by atoms with van der Waals surface area (Å²) in [6, 6.07) is 20.3. The van der Waals surface area contributed by atoms with E-state index in [2.05, 4.69) is 55.8 Å².